The predicted molar refractivity (Wildman–Crippen MR) is 116 cm³/mol. The third kappa shape index (κ3) is 2.95. The minimum atomic E-state index is -0.439. The number of nitrogens with zero attached hydrogens (tertiary/aromatic N) is 4. The van der Waals surface area contributed by atoms with E-state index in [1.807, 2.05) is 6.20 Å². The number of amides is 1. The van der Waals surface area contributed by atoms with Gasteiger partial charge in [-0.3, -0.25) is 14.0 Å². The van der Waals surface area contributed by atoms with Gasteiger partial charge in [0.2, 0.25) is 11.7 Å². The zero-order valence-corrected chi connectivity index (χ0v) is 18.1. The van der Waals surface area contributed by atoms with Crippen LogP contribution in [0.15, 0.2) is 35.5 Å². The number of fused-ring (bicyclic) bond motifs is 2. The summed E-state index contributed by atoms with van der Waals surface area (Å²) >= 11 is 0. The second-order valence-corrected chi connectivity index (χ2v) is 9.63. The van der Waals surface area contributed by atoms with Gasteiger partial charge in [-0.25, -0.2) is 4.98 Å². The van der Waals surface area contributed by atoms with Gasteiger partial charge in [0.15, 0.2) is 0 Å². The molecule has 1 N–H and O–H groups in total. The maximum absolute atomic E-state index is 13.2. The number of pyridine rings is 1. The van der Waals surface area contributed by atoms with Crippen LogP contribution in [-0.2, 0) is 17.2 Å². The van der Waals surface area contributed by atoms with E-state index in [-0.39, 0.29) is 39.8 Å². The molecule has 0 spiro atoms. The Morgan fingerprint density at radius 1 is 1.28 bits per heavy atom. The van der Waals surface area contributed by atoms with Crippen LogP contribution in [0.5, 0.6) is 5.88 Å². The summed E-state index contributed by atoms with van der Waals surface area (Å²) in [5, 5.41) is 2.72. The molecule has 2 saturated carbocycles. The van der Waals surface area contributed by atoms with Crippen molar-refractivity contribution < 1.29 is 14.3 Å². The first-order valence-electron chi connectivity index (χ1n) is 11.0. The molecule has 0 radical (unpaired) electrons. The molecule has 3 aromatic heterocycles. The van der Waals surface area contributed by atoms with Crippen LogP contribution in [-0.4, -0.2) is 43.2 Å². The average molecular weight is 435 g/mol. The van der Waals surface area contributed by atoms with Gasteiger partial charge in [-0.15, -0.1) is 0 Å². The Labute approximate surface area is 184 Å². The average Bonchev–Trinajstić information content (AvgIpc) is 3.38. The van der Waals surface area contributed by atoms with E-state index in [1.165, 1.54) is 4.57 Å². The van der Waals surface area contributed by atoms with E-state index in [9.17, 15) is 9.59 Å². The van der Waals surface area contributed by atoms with E-state index in [0.717, 1.165) is 37.8 Å². The number of imidazole rings is 1. The van der Waals surface area contributed by atoms with Crippen molar-refractivity contribution in [2.24, 2.45) is 7.05 Å². The number of hydrogen-bond acceptors (Lipinski definition) is 6. The van der Waals surface area contributed by atoms with Crippen LogP contribution < -0.4 is 15.6 Å². The highest BCUT2D eigenvalue weighted by atomic mass is 16.5. The van der Waals surface area contributed by atoms with Crippen LogP contribution in [0.4, 0.5) is 5.69 Å². The first-order valence-corrected chi connectivity index (χ1v) is 11.0. The van der Waals surface area contributed by atoms with Crippen molar-refractivity contribution in [3.05, 3.63) is 52.3 Å². The smallest absolute Gasteiger partial charge is 0.274 e. The van der Waals surface area contributed by atoms with Gasteiger partial charge in [0, 0.05) is 31.1 Å². The molecule has 166 valence electrons. The lowest BCUT2D eigenvalue weighted by Gasteiger charge is -2.41. The normalized spacial score (nSPS) is 26.6. The standard InChI is InChI=1S/C23H25N5O4/c1-22-11-23(12-22,13-31-22)17-10-28-9-15(18(29)24-16-7-4-8-27(2)20(16)30)19(26-21(28)25-17)32-14-5-3-6-14/h4,7-10,14H,3,5-6,11-13H2,1-2H3,(H,24,29). The molecule has 0 aromatic carbocycles. The highest BCUT2D eigenvalue weighted by Gasteiger charge is 2.61. The summed E-state index contributed by atoms with van der Waals surface area (Å²) in [4.78, 5) is 34.9. The fraction of sp³-hybridized carbons (Fsp3) is 0.478. The van der Waals surface area contributed by atoms with E-state index in [1.54, 1.807) is 36.0 Å². The first kappa shape index (κ1) is 19.5. The Morgan fingerprint density at radius 2 is 2.09 bits per heavy atom. The summed E-state index contributed by atoms with van der Waals surface area (Å²) < 4.78 is 15.2. The molecular weight excluding hydrogens is 410 g/mol. The zero-order valence-electron chi connectivity index (χ0n) is 18.1. The molecule has 1 amide bonds. The minimum Gasteiger partial charge on any atom is -0.474 e. The Bertz CT molecular complexity index is 1300. The Morgan fingerprint density at radius 3 is 2.78 bits per heavy atom. The fourth-order valence-corrected chi connectivity index (χ4v) is 5.09. The largest absolute Gasteiger partial charge is 0.474 e. The first-order chi connectivity index (χ1) is 15.3. The molecular formula is C23H25N5O4. The van der Waals surface area contributed by atoms with Gasteiger partial charge in [0.25, 0.3) is 11.5 Å². The number of carbonyl (C=O) groups is 1. The van der Waals surface area contributed by atoms with E-state index < -0.39 is 5.91 Å². The molecule has 7 rings (SSSR count). The maximum atomic E-state index is 13.2. The Balaban J connectivity index is 1.38. The van der Waals surface area contributed by atoms with Crippen molar-refractivity contribution in [1.29, 1.82) is 0 Å². The topological polar surface area (TPSA) is 99.8 Å². The van der Waals surface area contributed by atoms with Crippen LogP contribution in [0.1, 0.15) is 55.1 Å². The molecule has 3 aromatic rings. The number of nitrogens with one attached hydrogen (secondary N) is 1. The SMILES string of the molecule is Cn1cccc(NC(=O)c2cn3cc(C45COC(C)(C4)C5)nc3nc2OC2CCC2)c1=O. The van der Waals surface area contributed by atoms with Gasteiger partial charge in [0.05, 0.1) is 17.9 Å². The van der Waals surface area contributed by atoms with Crippen molar-refractivity contribution in [1.82, 2.24) is 18.9 Å². The predicted octanol–water partition coefficient (Wildman–Crippen LogP) is 2.43. The third-order valence-electron chi connectivity index (χ3n) is 7.02. The number of carbonyl (C=O) groups excluding carboxylic acids is 1. The third-order valence-corrected chi connectivity index (χ3v) is 7.02. The molecule has 2 saturated heterocycles. The summed E-state index contributed by atoms with van der Waals surface area (Å²) in [5.74, 6) is 0.311. The van der Waals surface area contributed by atoms with Crippen molar-refractivity contribution >= 4 is 17.4 Å². The van der Waals surface area contributed by atoms with E-state index in [2.05, 4.69) is 17.2 Å². The number of anilines is 1. The molecule has 9 nitrogen and oxygen atoms in total. The molecule has 0 unspecified atom stereocenters. The molecule has 9 heteroatoms. The van der Waals surface area contributed by atoms with Gasteiger partial charge in [-0.2, -0.15) is 4.98 Å². The molecule has 5 heterocycles. The summed E-state index contributed by atoms with van der Waals surface area (Å²) in [6.07, 6.45) is 10.2. The monoisotopic (exact) mass is 435 g/mol. The lowest BCUT2D eigenvalue weighted by atomic mass is 9.62. The van der Waals surface area contributed by atoms with Crippen LogP contribution in [0.25, 0.3) is 5.78 Å². The highest BCUT2D eigenvalue weighted by Crippen LogP contribution is 2.58. The van der Waals surface area contributed by atoms with Crippen LogP contribution >= 0.6 is 0 Å². The zero-order chi connectivity index (χ0) is 22.1. The minimum absolute atomic E-state index is 0.0460. The van der Waals surface area contributed by atoms with Crippen LogP contribution in [0.2, 0.25) is 0 Å². The maximum Gasteiger partial charge on any atom is 0.274 e. The number of aryl methyl sites for hydroxylation is 1. The Hall–Kier alpha value is -3.20. The lowest BCUT2D eigenvalue weighted by molar-refractivity contribution is 0.0154. The fourth-order valence-electron chi connectivity index (χ4n) is 5.09. The summed E-state index contributed by atoms with van der Waals surface area (Å²) in [6.45, 7) is 2.79. The Kier molecular flexibility index (Phi) is 4.05. The van der Waals surface area contributed by atoms with Crippen molar-refractivity contribution in [3.63, 3.8) is 0 Å². The molecule has 2 aliphatic heterocycles. The highest BCUT2D eigenvalue weighted by molar-refractivity contribution is 6.05. The number of aromatic nitrogens is 4. The molecule has 32 heavy (non-hydrogen) atoms. The van der Waals surface area contributed by atoms with E-state index >= 15 is 0 Å². The second kappa shape index (κ2) is 6.65. The molecule has 2 bridgehead atoms. The van der Waals surface area contributed by atoms with Crippen LogP contribution in [0, 0.1) is 0 Å². The van der Waals surface area contributed by atoms with Gasteiger partial charge in [-0.05, 0) is 51.2 Å². The van der Waals surface area contributed by atoms with Gasteiger partial charge < -0.3 is 19.4 Å². The second-order valence-electron chi connectivity index (χ2n) is 9.63. The van der Waals surface area contributed by atoms with Gasteiger partial charge in [-0.1, -0.05) is 0 Å². The molecule has 4 aliphatic rings. The summed E-state index contributed by atoms with van der Waals surface area (Å²) in [6, 6.07) is 3.29. The van der Waals surface area contributed by atoms with Gasteiger partial charge >= 0.3 is 0 Å². The summed E-state index contributed by atoms with van der Waals surface area (Å²) in [5.41, 5.74) is 1.01. The van der Waals surface area contributed by atoms with Crippen molar-refractivity contribution in [2.75, 3.05) is 11.9 Å². The number of ether oxygens (including phenoxy) is 2. The van der Waals surface area contributed by atoms with Gasteiger partial charge in [0.1, 0.15) is 17.4 Å². The molecule has 4 fully saturated rings. The number of rotatable bonds is 5. The van der Waals surface area contributed by atoms with E-state index in [4.69, 9.17) is 14.5 Å². The number of hydrogen-bond donors (Lipinski definition) is 1. The van der Waals surface area contributed by atoms with E-state index in [0.29, 0.717) is 12.4 Å². The molecule has 2 aliphatic carbocycles. The van der Waals surface area contributed by atoms with Crippen LogP contribution in [0.3, 0.4) is 0 Å². The van der Waals surface area contributed by atoms with Crippen molar-refractivity contribution in [3.8, 4) is 5.88 Å². The lowest BCUT2D eigenvalue weighted by Crippen LogP contribution is -2.45. The quantitative estimate of drug-likeness (QED) is 0.661. The summed E-state index contributed by atoms with van der Waals surface area (Å²) in [7, 11) is 1.64. The van der Waals surface area contributed by atoms with Crippen molar-refractivity contribution in [2.45, 2.75) is 56.1 Å². The molecule has 0 atom stereocenters.